The van der Waals surface area contributed by atoms with Crippen molar-refractivity contribution in [1.29, 1.82) is 0 Å². The predicted octanol–water partition coefficient (Wildman–Crippen LogP) is 0.925. The summed E-state index contributed by atoms with van der Waals surface area (Å²) in [7, 11) is 0. The summed E-state index contributed by atoms with van der Waals surface area (Å²) >= 11 is 0. The lowest BCUT2D eigenvalue weighted by Gasteiger charge is -2.14. The fourth-order valence-electron chi connectivity index (χ4n) is 1.95. The highest BCUT2D eigenvalue weighted by Crippen LogP contribution is 2.13. The summed E-state index contributed by atoms with van der Waals surface area (Å²) in [5, 5.41) is 7.60. The van der Waals surface area contributed by atoms with Crippen LogP contribution in [0, 0.1) is 0 Å². The number of benzene rings is 1. The Morgan fingerprint density at radius 1 is 1.48 bits per heavy atom. The van der Waals surface area contributed by atoms with Gasteiger partial charge in [-0.05, 0) is 30.7 Å². The third-order valence-corrected chi connectivity index (χ3v) is 2.95. The van der Waals surface area contributed by atoms with E-state index in [2.05, 4.69) is 17.3 Å². The molecule has 6 nitrogen and oxygen atoms in total. The molecule has 1 amide bonds. The quantitative estimate of drug-likeness (QED) is 0.757. The van der Waals surface area contributed by atoms with Gasteiger partial charge in [0.1, 0.15) is 5.75 Å². The summed E-state index contributed by atoms with van der Waals surface area (Å²) in [5.74, 6) is 0.166. The van der Waals surface area contributed by atoms with Crippen molar-refractivity contribution in [3.05, 3.63) is 48.3 Å². The Morgan fingerprint density at radius 2 is 2.33 bits per heavy atom. The van der Waals surface area contributed by atoms with Crippen LogP contribution in [0.1, 0.15) is 12.5 Å². The number of nitrogens with two attached hydrogens (primary N) is 1. The van der Waals surface area contributed by atoms with Gasteiger partial charge in [0.15, 0.2) is 6.61 Å². The molecule has 0 saturated carbocycles. The van der Waals surface area contributed by atoms with Crippen LogP contribution in [-0.4, -0.2) is 28.3 Å². The molecule has 0 aliphatic rings. The summed E-state index contributed by atoms with van der Waals surface area (Å²) in [5.41, 5.74) is 6.14. The van der Waals surface area contributed by atoms with Crippen LogP contribution >= 0.6 is 0 Å². The highest BCUT2D eigenvalue weighted by molar-refractivity contribution is 5.75. The van der Waals surface area contributed by atoms with Gasteiger partial charge in [-0.15, -0.1) is 0 Å². The number of nitrogens with zero attached hydrogens (tertiary/aromatic N) is 2. The van der Waals surface area contributed by atoms with Crippen LogP contribution in [0.5, 0.6) is 5.75 Å². The number of hydrogen-bond donors (Lipinski definition) is 2. The molecule has 0 saturated heterocycles. The summed E-state index contributed by atoms with van der Waals surface area (Å²) < 4.78 is 7.18. The average Bonchev–Trinajstić information content (AvgIpc) is 2.96. The summed E-state index contributed by atoms with van der Waals surface area (Å²) in [4.78, 5) is 10.7. The van der Waals surface area contributed by atoms with Crippen LogP contribution < -0.4 is 15.8 Å². The van der Waals surface area contributed by atoms with E-state index in [0.717, 1.165) is 18.7 Å². The number of nitrogens with one attached hydrogen (secondary N) is 1. The first kappa shape index (κ1) is 15.1. The molecule has 0 unspecified atom stereocenters. The van der Waals surface area contributed by atoms with Crippen LogP contribution in [0.25, 0.3) is 0 Å². The second-order valence-electron chi connectivity index (χ2n) is 4.91. The highest BCUT2D eigenvalue weighted by atomic mass is 16.5. The molecule has 1 atom stereocenters. The molecule has 0 spiro atoms. The van der Waals surface area contributed by atoms with Crippen LogP contribution in [0.3, 0.4) is 0 Å². The van der Waals surface area contributed by atoms with Crippen LogP contribution in [0.2, 0.25) is 0 Å². The van der Waals surface area contributed by atoms with E-state index in [1.54, 1.807) is 12.3 Å². The van der Waals surface area contributed by atoms with Crippen molar-refractivity contribution in [1.82, 2.24) is 15.1 Å². The number of carbonyl (C=O) groups is 1. The molecule has 0 aliphatic heterocycles. The lowest BCUT2D eigenvalue weighted by molar-refractivity contribution is -0.119. The van der Waals surface area contributed by atoms with Gasteiger partial charge in [-0.2, -0.15) is 5.10 Å². The van der Waals surface area contributed by atoms with Crippen LogP contribution in [-0.2, 0) is 17.9 Å². The molecule has 1 aromatic carbocycles. The van der Waals surface area contributed by atoms with Crippen LogP contribution in [0.4, 0.5) is 0 Å². The number of rotatable bonds is 8. The number of aromatic nitrogens is 2. The first-order valence-corrected chi connectivity index (χ1v) is 6.84. The maximum atomic E-state index is 10.7. The van der Waals surface area contributed by atoms with Gasteiger partial charge in [-0.3, -0.25) is 9.48 Å². The minimum Gasteiger partial charge on any atom is -0.484 e. The van der Waals surface area contributed by atoms with E-state index in [9.17, 15) is 4.79 Å². The number of ether oxygens (including phenoxy) is 1. The van der Waals surface area contributed by atoms with Gasteiger partial charge in [0, 0.05) is 25.0 Å². The molecule has 21 heavy (non-hydrogen) atoms. The highest BCUT2D eigenvalue weighted by Gasteiger charge is 2.04. The molecule has 2 rings (SSSR count). The standard InChI is InChI=1S/C15H20N4O2/c1-12(10-19-7-3-6-18-19)17-9-13-4-2-5-14(8-13)21-11-15(16)20/h2-8,12,17H,9-11H2,1H3,(H2,16,20)/t12-/m1/s1. The molecule has 0 bridgehead atoms. The van der Waals surface area contributed by atoms with Gasteiger partial charge in [0.05, 0.1) is 6.54 Å². The first-order valence-electron chi connectivity index (χ1n) is 6.84. The molecule has 0 fully saturated rings. The molecule has 1 heterocycles. The van der Waals surface area contributed by atoms with E-state index in [4.69, 9.17) is 10.5 Å². The van der Waals surface area contributed by atoms with Crippen molar-refractivity contribution in [3.63, 3.8) is 0 Å². The Bertz CT molecular complexity index is 569. The molecule has 3 N–H and O–H groups in total. The van der Waals surface area contributed by atoms with Gasteiger partial charge in [-0.1, -0.05) is 12.1 Å². The van der Waals surface area contributed by atoms with Gasteiger partial charge in [-0.25, -0.2) is 0 Å². The molecule has 0 radical (unpaired) electrons. The van der Waals surface area contributed by atoms with Crippen molar-refractivity contribution in [2.75, 3.05) is 6.61 Å². The molecule has 1 aromatic heterocycles. The lowest BCUT2D eigenvalue weighted by Crippen LogP contribution is -2.30. The third-order valence-electron chi connectivity index (χ3n) is 2.95. The van der Waals surface area contributed by atoms with Gasteiger partial charge in [0.2, 0.25) is 0 Å². The molecular formula is C15H20N4O2. The van der Waals surface area contributed by atoms with Crippen molar-refractivity contribution in [2.45, 2.75) is 26.1 Å². The number of hydrogen-bond acceptors (Lipinski definition) is 4. The first-order chi connectivity index (χ1) is 10.1. The fraction of sp³-hybridized carbons (Fsp3) is 0.333. The zero-order chi connectivity index (χ0) is 15.1. The number of primary amides is 1. The van der Waals surface area contributed by atoms with E-state index >= 15 is 0 Å². The van der Waals surface area contributed by atoms with Gasteiger partial charge < -0.3 is 15.8 Å². The van der Waals surface area contributed by atoms with E-state index in [1.807, 2.05) is 35.1 Å². The van der Waals surface area contributed by atoms with E-state index < -0.39 is 5.91 Å². The largest absolute Gasteiger partial charge is 0.484 e. The summed E-state index contributed by atoms with van der Waals surface area (Å²) in [6, 6.07) is 9.80. The normalized spacial score (nSPS) is 12.0. The average molecular weight is 288 g/mol. The van der Waals surface area contributed by atoms with E-state index in [-0.39, 0.29) is 6.61 Å². The van der Waals surface area contributed by atoms with Crippen molar-refractivity contribution < 1.29 is 9.53 Å². The number of carbonyl (C=O) groups excluding carboxylic acids is 1. The van der Waals surface area contributed by atoms with Crippen LogP contribution in [0.15, 0.2) is 42.7 Å². The monoisotopic (exact) mass is 288 g/mol. The maximum absolute atomic E-state index is 10.7. The fourth-order valence-corrected chi connectivity index (χ4v) is 1.95. The Balaban J connectivity index is 1.82. The molecular weight excluding hydrogens is 268 g/mol. The predicted molar refractivity (Wildman–Crippen MR) is 79.7 cm³/mol. The van der Waals surface area contributed by atoms with Gasteiger partial charge >= 0.3 is 0 Å². The lowest BCUT2D eigenvalue weighted by atomic mass is 10.2. The summed E-state index contributed by atoms with van der Waals surface area (Å²) in [6.07, 6.45) is 3.71. The van der Waals surface area contributed by atoms with E-state index in [0.29, 0.717) is 11.8 Å². The topological polar surface area (TPSA) is 82.2 Å². The zero-order valence-electron chi connectivity index (χ0n) is 12.0. The Hall–Kier alpha value is -2.34. The third kappa shape index (κ3) is 5.27. The van der Waals surface area contributed by atoms with Crippen molar-refractivity contribution >= 4 is 5.91 Å². The minimum atomic E-state index is -0.480. The Morgan fingerprint density at radius 3 is 3.05 bits per heavy atom. The maximum Gasteiger partial charge on any atom is 0.255 e. The molecule has 2 aromatic rings. The molecule has 6 heteroatoms. The number of amides is 1. The second-order valence-corrected chi connectivity index (χ2v) is 4.91. The van der Waals surface area contributed by atoms with Crippen molar-refractivity contribution in [2.24, 2.45) is 5.73 Å². The second kappa shape index (κ2) is 7.44. The Labute approximate surface area is 123 Å². The van der Waals surface area contributed by atoms with E-state index in [1.165, 1.54) is 0 Å². The molecule has 0 aliphatic carbocycles. The Kier molecular flexibility index (Phi) is 5.34. The van der Waals surface area contributed by atoms with Crippen molar-refractivity contribution in [3.8, 4) is 5.75 Å². The van der Waals surface area contributed by atoms with Gasteiger partial charge in [0.25, 0.3) is 5.91 Å². The zero-order valence-corrected chi connectivity index (χ0v) is 12.0. The minimum absolute atomic E-state index is 0.105. The smallest absolute Gasteiger partial charge is 0.255 e. The molecule has 112 valence electrons. The summed E-state index contributed by atoms with van der Waals surface area (Å²) in [6.45, 7) is 3.53. The SMILES string of the molecule is C[C@H](Cn1cccn1)NCc1cccc(OCC(N)=O)c1.